The summed E-state index contributed by atoms with van der Waals surface area (Å²) in [4.78, 5) is 13.9. The Morgan fingerprint density at radius 3 is 2.50 bits per heavy atom. The highest BCUT2D eigenvalue weighted by molar-refractivity contribution is 5.99. The zero-order chi connectivity index (χ0) is 18.6. The van der Waals surface area contributed by atoms with Gasteiger partial charge < -0.3 is 5.11 Å². The SMILES string of the molecule is CC(C)C1=C2C[C@@]34C(=O)[C@@]5(CC[C@@H](C)[C@@H]3C[C@]2(C)C[C@H]1O)[C@@H]4CC[C@H]5C. The Hall–Kier alpha value is -0.630. The number of allylic oxidation sites excluding steroid dienone is 1. The number of rotatable bonds is 1. The first-order valence-corrected chi connectivity index (χ1v) is 11.1. The second-order valence-corrected chi connectivity index (χ2v) is 11.3. The van der Waals surface area contributed by atoms with E-state index in [1.807, 2.05) is 0 Å². The molecule has 26 heavy (non-hydrogen) atoms. The molecule has 2 spiro atoms. The van der Waals surface area contributed by atoms with Crippen LogP contribution in [0.4, 0.5) is 0 Å². The number of hydrogen-bond donors (Lipinski definition) is 1. The third-order valence-corrected chi connectivity index (χ3v) is 10.1. The molecule has 0 aliphatic heterocycles. The van der Waals surface area contributed by atoms with E-state index in [4.69, 9.17) is 0 Å². The minimum atomic E-state index is -0.286. The Morgan fingerprint density at radius 2 is 1.81 bits per heavy atom. The zero-order valence-electron chi connectivity index (χ0n) is 17.3. The molecule has 0 saturated heterocycles. The van der Waals surface area contributed by atoms with Gasteiger partial charge in [0.1, 0.15) is 5.78 Å². The number of aliphatic hydroxyl groups is 1. The van der Waals surface area contributed by atoms with E-state index in [1.165, 1.54) is 30.4 Å². The van der Waals surface area contributed by atoms with E-state index in [9.17, 15) is 9.90 Å². The molecule has 5 rings (SSSR count). The van der Waals surface area contributed by atoms with E-state index in [0.717, 1.165) is 25.7 Å². The van der Waals surface area contributed by atoms with Crippen LogP contribution in [0.1, 0.15) is 79.6 Å². The Balaban J connectivity index is 1.67. The molecule has 0 heterocycles. The van der Waals surface area contributed by atoms with Crippen LogP contribution in [-0.2, 0) is 4.79 Å². The molecule has 5 aliphatic carbocycles. The van der Waals surface area contributed by atoms with E-state index in [0.29, 0.717) is 35.4 Å². The fourth-order valence-electron chi connectivity index (χ4n) is 8.99. The molecule has 1 N–H and O–H groups in total. The highest BCUT2D eigenvalue weighted by Gasteiger charge is 2.79. The molecule has 4 fully saturated rings. The summed E-state index contributed by atoms with van der Waals surface area (Å²) < 4.78 is 0. The highest BCUT2D eigenvalue weighted by atomic mass is 16.3. The number of fused-ring (bicyclic) bond motifs is 1. The standard InChI is InChI=1S/C24H36O2/c1-13(2)20-17-11-24-16(10-22(17,5)12-18(20)25)14(3)8-9-23(21(24)26)15(4)6-7-19(23)24/h13-16,18-19,25H,6-12H2,1-5H3/t14-,15-,16+,18-,19+,22-,23-,24-/m1/s1. The molecule has 2 nitrogen and oxygen atoms in total. The van der Waals surface area contributed by atoms with Gasteiger partial charge in [-0.2, -0.15) is 0 Å². The first kappa shape index (κ1) is 17.5. The number of ketones is 1. The molecule has 0 aromatic rings. The summed E-state index contributed by atoms with van der Waals surface area (Å²) >= 11 is 0. The lowest BCUT2D eigenvalue weighted by Crippen LogP contribution is -2.68. The summed E-state index contributed by atoms with van der Waals surface area (Å²) in [6.45, 7) is 11.6. The van der Waals surface area contributed by atoms with Gasteiger partial charge in [-0.25, -0.2) is 0 Å². The molecular formula is C24H36O2. The topological polar surface area (TPSA) is 37.3 Å². The van der Waals surface area contributed by atoms with Crippen molar-refractivity contribution in [3.63, 3.8) is 0 Å². The normalized spacial score (nSPS) is 55.3. The Kier molecular flexibility index (Phi) is 3.39. The van der Waals surface area contributed by atoms with Crippen LogP contribution in [0.3, 0.4) is 0 Å². The third-order valence-electron chi connectivity index (χ3n) is 10.1. The quantitative estimate of drug-likeness (QED) is 0.660. The van der Waals surface area contributed by atoms with Crippen LogP contribution in [0, 0.1) is 45.8 Å². The van der Waals surface area contributed by atoms with Crippen LogP contribution < -0.4 is 0 Å². The molecule has 4 saturated carbocycles. The van der Waals surface area contributed by atoms with Crippen LogP contribution in [0.15, 0.2) is 11.1 Å². The first-order valence-electron chi connectivity index (χ1n) is 11.1. The van der Waals surface area contributed by atoms with Gasteiger partial charge in [0.05, 0.1) is 6.10 Å². The maximum absolute atomic E-state index is 13.9. The first-order chi connectivity index (χ1) is 12.2. The molecule has 0 amide bonds. The van der Waals surface area contributed by atoms with Crippen LogP contribution in [0.25, 0.3) is 0 Å². The molecule has 144 valence electrons. The number of hydrogen-bond acceptors (Lipinski definition) is 2. The van der Waals surface area contributed by atoms with Crippen molar-refractivity contribution in [1.29, 1.82) is 0 Å². The number of aliphatic hydroxyl groups excluding tert-OH is 1. The van der Waals surface area contributed by atoms with Gasteiger partial charge in [-0.15, -0.1) is 0 Å². The number of carbonyl (C=O) groups is 1. The minimum absolute atomic E-state index is 0.0204. The fourth-order valence-corrected chi connectivity index (χ4v) is 8.99. The average molecular weight is 357 g/mol. The zero-order valence-corrected chi connectivity index (χ0v) is 17.3. The van der Waals surface area contributed by atoms with E-state index < -0.39 is 0 Å². The number of carbonyl (C=O) groups excluding carboxylic acids is 1. The van der Waals surface area contributed by atoms with E-state index in [-0.39, 0.29) is 22.3 Å². The average Bonchev–Trinajstić information content (AvgIpc) is 2.94. The van der Waals surface area contributed by atoms with Crippen molar-refractivity contribution >= 4 is 5.78 Å². The molecule has 0 aromatic heterocycles. The molecule has 2 heteroatoms. The predicted octanol–water partition coefficient (Wildman–Crippen LogP) is 5.15. The summed E-state index contributed by atoms with van der Waals surface area (Å²) in [5, 5.41) is 10.9. The molecule has 2 bridgehead atoms. The molecular weight excluding hydrogens is 320 g/mol. The van der Waals surface area contributed by atoms with Crippen molar-refractivity contribution in [1.82, 2.24) is 0 Å². The molecule has 8 atom stereocenters. The third kappa shape index (κ3) is 1.68. The lowest BCUT2D eigenvalue weighted by molar-refractivity contribution is -0.189. The Bertz CT molecular complexity index is 705. The molecule has 0 unspecified atom stereocenters. The van der Waals surface area contributed by atoms with Gasteiger partial charge in [-0.1, -0.05) is 40.2 Å². The van der Waals surface area contributed by atoms with Crippen molar-refractivity contribution in [2.24, 2.45) is 45.8 Å². The summed E-state index contributed by atoms with van der Waals surface area (Å²) in [5.41, 5.74) is 2.84. The number of Topliss-reactive ketones (excluding diaryl/α,β-unsaturated/α-hetero) is 1. The Morgan fingerprint density at radius 1 is 1.08 bits per heavy atom. The van der Waals surface area contributed by atoms with Gasteiger partial charge in [0, 0.05) is 10.8 Å². The van der Waals surface area contributed by atoms with Gasteiger partial charge in [0.2, 0.25) is 0 Å². The second-order valence-electron chi connectivity index (χ2n) is 11.3. The van der Waals surface area contributed by atoms with E-state index in [1.54, 1.807) is 0 Å². The molecule has 5 aliphatic rings. The highest BCUT2D eigenvalue weighted by Crippen LogP contribution is 2.79. The van der Waals surface area contributed by atoms with Crippen LogP contribution >= 0.6 is 0 Å². The van der Waals surface area contributed by atoms with Crippen LogP contribution in [0.2, 0.25) is 0 Å². The van der Waals surface area contributed by atoms with Crippen molar-refractivity contribution in [3.8, 4) is 0 Å². The van der Waals surface area contributed by atoms with E-state index in [2.05, 4.69) is 34.6 Å². The maximum Gasteiger partial charge on any atom is 0.146 e. The van der Waals surface area contributed by atoms with Crippen LogP contribution in [-0.4, -0.2) is 17.0 Å². The lowest BCUT2D eigenvalue weighted by atomic mass is 9.36. The summed E-state index contributed by atoms with van der Waals surface area (Å²) in [6.07, 6.45) is 7.58. The van der Waals surface area contributed by atoms with Gasteiger partial charge in [0.25, 0.3) is 0 Å². The van der Waals surface area contributed by atoms with Crippen molar-refractivity contribution in [3.05, 3.63) is 11.1 Å². The molecule has 0 aromatic carbocycles. The summed E-state index contributed by atoms with van der Waals surface area (Å²) in [7, 11) is 0. The second kappa shape index (κ2) is 5.04. The fraction of sp³-hybridized carbons (Fsp3) is 0.875. The summed E-state index contributed by atoms with van der Waals surface area (Å²) in [5.74, 6) is 3.42. The van der Waals surface area contributed by atoms with Gasteiger partial charge in [0.15, 0.2) is 0 Å². The van der Waals surface area contributed by atoms with Crippen molar-refractivity contribution in [2.45, 2.75) is 85.7 Å². The van der Waals surface area contributed by atoms with Gasteiger partial charge >= 0.3 is 0 Å². The van der Waals surface area contributed by atoms with Crippen molar-refractivity contribution < 1.29 is 9.90 Å². The van der Waals surface area contributed by atoms with Gasteiger partial charge in [-0.05, 0) is 85.5 Å². The Labute approximate surface area is 158 Å². The largest absolute Gasteiger partial charge is 0.389 e. The monoisotopic (exact) mass is 356 g/mol. The maximum atomic E-state index is 13.9. The smallest absolute Gasteiger partial charge is 0.146 e. The summed E-state index contributed by atoms with van der Waals surface area (Å²) in [6, 6.07) is 0. The minimum Gasteiger partial charge on any atom is -0.389 e. The molecule has 0 radical (unpaired) electrons. The van der Waals surface area contributed by atoms with Crippen LogP contribution in [0.5, 0.6) is 0 Å². The lowest BCUT2D eigenvalue weighted by Gasteiger charge is -2.65. The van der Waals surface area contributed by atoms with Crippen molar-refractivity contribution in [2.75, 3.05) is 0 Å². The van der Waals surface area contributed by atoms with E-state index >= 15 is 0 Å². The predicted molar refractivity (Wildman–Crippen MR) is 103 cm³/mol. The van der Waals surface area contributed by atoms with Gasteiger partial charge in [-0.3, -0.25) is 4.79 Å².